The number of ether oxygens (including phenoxy) is 2. The van der Waals surface area contributed by atoms with Gasteiger partial charge in [0.05, 0.1) is 19.0 Å². The molecule has 0 bridgehead atoms. The van der Waals surface area contributed by atoms with Gasteiger partial charge in [0.15, 0.2) is 0 Å². The number of nitrogens with zero attached hydrogens (tertiary/aromatic N) is 2. The highest BCUT2D eigenvalue weighted by Crippen LogP contribution is 2.30. The Morgan fingerprint density at radius 3 is 2.45 bits per heavy atom. The monoisotopic (exact) mass is 590 g/mol. The maximum atomic E-state index is 14.2. The number of rotatable bonds is 5. The van der Waals surface area contributed by atoms with Gasteiger partial charge in [-0.2, -0.15) is 0 Å². The van der Waals surface area contributed by atoms with Gasteiger partial charge < -0.3 is 34.7 Å². The topological polar surface area (TPSA) is 147 Å². The smallest absolute Gasteiger partial charge is 0.444 e. The lowest BCUT2D eigenvalue weighted by Crippen LogP contribution is -2.59. The van der Waals surface area contributed by atoms with Crippen molar-refractivity contribution in [3.63, 3.8) is 0 Å². The number of amides is 4. The van der Waals surface area contributed by atoms with Gasteiger partial charge in [-0.1, -0.05) is 32.9 Å². The largest absolute Gasteiger partial charge is 0.478 e. The van der Waals surface area contributed by atoms with Gasteiger partial charge in [-0.25, -0.2) is 14.0 Å². The van der Waals surface area contributed by atoms with E-state index in [2.05, 4.69) is 10.6 Å². The third kappa shape index (κ3) is 7.33. The van der Waals surface area contributed by atoms with Gasteiger partial charge in [0, 0.05) is 25.1 Å². The summed E-state index contributed by atoms with van der Waals surface area (Å²) in [7, 11) is -1.18. The minimum Gasteiger partial charge on any atom is -0.444 e. The van der Waals surface area contributed by atoms with Crippen molar-refractivity contribution >= 4 is 31.1 Å². The van der Waals surface area contributed by atoms with E-state index in [-0.39, 0.29) is 32.7 Å². The Labute approximate surface area is 245 Å². The molecule has 230 valence electrons. The molecular weight excluding hydrogens is 550 g/mol. The third-order valence-electron chi connectivity index (χ3n) is 7.46. The molecule has 0 saturated carbocycles. The van der Waals surface area contributed by atoms with Gasteiger partial charge in [-0.15, -0.1) is 0 Å². The first kappa shape index (κ1) is 31.5. The lowest BCUT2D eigenvalue weighted by molar-refractivity contribution is -0.142. The van der Waals surface area contributed by atoms with E-state index in [9.17, 15) is 28.6 Å². The van der Waals surface area contributed by atoms with Crippen molar-refractivity contribution in [3.8, 4) is 0 Å². The second-order valence-corrected chi connectivity index (χ2v) is 13.1. The van der Waals surface area contributed by atoms with Crippen LogP contribution in [0, 0.1) is 11.2 Å². The molecular formula is C28H40BFN4O8. The molecule has 14 heteroatoms. The van der Waals surface area contributed by atoms with Crippen LogP contribution < -0.4 is 10.6 Å². The van der Waals surface area contributed by atoms with E-state index >= 15 is 0 Å². The van der Waals surface area contributed by atoms with Crippen LogP contribution in [0.4, 0.5) is 14.0 Å². The first-order chi connectivity index (χ1) is 19.5. The predicted molar refractivity (Wildman–Crippen MR) is 149 cm³/mol. The van der Waals surface area contributed by atoms with Gasteiger partial charge in [0.2, 0.25) is 11.8 Å². The Morgan fingerprint density at radius 2 is 1.86 bits per heavy atom. The zero-order chi connectivity index (χ0) is 31.0. The number of likely N-dealkylation sites (tertiary alicyclic amines) is 1. The molecule has 1 unspecified atom stereocenters. The molecule has 0 radical (unpaired) electrons. The van der Waals surface area contributed by atoms with Crippen LogP contribution >= 0.6 is 0 Å². The van der Waals surface area contributed by atoms with Gasteiger partial charge in [-0.3, -0.25) is 14.5 Å². The van der Waals surface area contributed by atoms with Crippen LogP contribution in [0.2, 0.25) is 0 Å². The van der Waals surface area contributed by atoms with Crippen molar-refractivity contribution in [2.45, 2.75) is 97.2 Å². The molecule has 0 aromatic heterocycles. The zero-order valence-corrected chi connectivity index (χ0v) is 24.9. The summed E-state index contributed by atoms with van der Waals surface area (Å²) in [4.78, 5) is 55.8. The second-order valence-electron chi connectivity index (χ2n) is 13.1. The van der Waals surface area contributed by atoms with Crippen molar-refractivity contribution in [1.82, 2.24) is 20.4 Å². The van der Waals surface area contributed by atoms with E-state index in [4.69, 9.17) is 14.1 Å². The van der Waals surface area contributed by atoms with Crippen LogP contribution in [0.25, 0.3) is 0 Å². The Bertz CT molecular complexity index is 1220. The van der Waals surface area contributed by atoms with Crippen molar-refractivity contribution < 1.29 is 42.7 Å². The summed E-state index contributed by atoms with van der Waals surface area (Å²) in [6.07, 6.45) is -1.94. The summed E-state index contributed by atoms with van der Waals surface area (Å²) in [6.45, 7) is 10.8. The first-order valence-corrected chi connectivity index (χ1v) is 14.2. The first-order valence-electron chi connectivity index (χ1n) is 14.2. The molecule has 4 atom stereocenters. The highest BCUT2D eigenvalue weighted by atomic mass is 19.1. The maximum absolute atomic E-state index is 14.2. The fourth-order valence-electron chi connectivity index (χ4n) is 5.34. The van der Waals surface area contributed by atoms with E-state index in [1.807, 2.05) is 0 Å². The average molecular weight is 590 g/mol. The van der Waals surface area contributed by atoms with Gasteiger partial charge >= 0.3 is 19.3 Å². The predicted octanol–water partition coefficient (Wildman–Crippen LogP) is 2.11. The average Bonchev–Trinajstić information content (AvgIpc) is 3.59. The van der Waals surface area contributed by atoms with Crippen LogP contribution in [0.1, 0.15) is 65.5 Å². The summed E-state index contributed by atoms with van der Waals surface area (Å²) < 4.78 is 30.5. The van der Waals surface area contributed by atoms with Gasteiger partial charge in [0.25, 0.3) is 0 Å². The Hall–Kier alpha value is -3.39. The quantitative estimate of drug-likeness (QED) is 0.442. The molecule has 2 saturated heterocycles. The third-order valence-corrected chi connectivity index (χ3v) is 7.46. The molecule has 3 aliphatic heterocycles. The standard InChI is InChI=1S/C28H40BFN4O8/c1-27(2,3)22(32-25(37)42-28(4,5)6)24(36)34-14-17(12-20(34)23(35)31-21-10-11-40-29(21)39)41-26(38)33-13-16-8-7-9-19(30)18(16)15-33/h7-9,17,20-22,39H,10-15H2,1-6H3,(H,31,35)(H,32,37)/t17-,20+,21?,22-/m1/s1. The van der Waals surface area contributed by atoms with Gasteiger partial charge in [-0.05, 0) is 44.2 Å². The fourth-order valence-corrected chi connectivity index (χ4v) is 5.34. The van der Waals surface area contributed by atoms with E-state index < -0.39 is 72.1 Å². The van der Waals surface area contributed by atoms with E-state index in [1.54, 1.807) is 53.7 Å². The molecule has 0 aliphatic carbocycles. The van der Waals surface area contributed by atoms with E-state index in [1.165, 1.54) is 15.9 Å². The fraction of sp³-hybridized carbons (Fsp3) is 0.643. The number of carbonyl (C=O) groups is 4. The number of halogens is 1. The summed E-state index contributed by atoms with van der Waals surface area (Å²) in [5.41, 5.74) is -0.461. The second kappa shape index (κ2) is 12.1. The minimum absolute atomic E-state index is 0.00850. The van der Waals surface area contributed by atoms with E-state index in [0.717, 1.165) is 0 Å². The molecule has 3 heterocycles. The lowest BCUT2D eigenvalue weighted by Gasteiger charge is -2.35. The van der Waals surface area contributed by atoms with Crippen LogP contribution in [-0.4, -0.2) is 88.8 Å². The number of fused-ring (bicyclic) bond motifs is 1. The summed E-state index contributed by atoms with van der Waals surface area (Å²) in [5, 5.41) is 15.4. The highest BCUT2D eigenvalue weighted by molar-refractivity contribution is 6.46. The molecule has 3 N–H and O–H groups in total. The van der Waals surface area contributed by atoms with Crippen molar-refractivity contribution in [1.29, 1.82) is 0 Å². The van der Waals surface area contributed by atoms with E-state index in [0.29, 0.717) is 17.5 Å². The summed E-state index contributed by atoms with van der Waals surface area (Å²) in [6, 6.07) is 2.53. The molecule has 2 fully saturated rings. The highest BCUT2D eigenvalue weighted by Gasteiger charge is 2.48. The molecule has 12 nitrogen and oxygen atoms in total. The number of carbonyl (C=O) groups excluding carboxylic acids is 4. The number of hydrogen-bond acceptors (Lipinski definition) is 8. The van der Waals surface area contributed by atoms with Crippen LogP contribution in [0.15, 0.2) is 18.2 Å². The van der Waals surface area contributed by atoms with Crippen LogP contribution in [0.5, 0.6) is 0 Å². The van der Waals surface area contributed by atoms with Crippen LogP contribution in [0.3, 0.4) is 0 Å². The number of hydrogen-bond donors (Lipinski definition) is 3. The van der Waals surface area contributed by atoms with Crippen molar-refractivity contribution in [3.05, 3.63) is 35.1 Å². The van der Waals surface area contributed by atoms with Crippen molar-refractivity contribution in [2.24, 2.45) is 5.41 Å². The summed E-state index contributed by atoms with van der Waals surface area (Å²) >= 11 is 0. The Kier molecular flexibility index (Phi) is 9.07. The van der Waals surface area contributed by atoms with Crippen molar-refractivity contribution in [2.75, 3.05) is 13.2 Å². The SMILES string of the molecule is CC(C)(C)OC(=O)N[C@H](C(=O)N1C[C@H](OC(=O)N2Cc3cccc(F)c3C2)C[C@H]1C(=O)NC1CCOB1O)C(C)(C)C. The number of nitrogens with one attached hydrogen (secondary N) is 2. The molecule has 0 spiro atoms. The Morgan fingerprint density at radius 1 is 1.14 bits per heavy atom. The molecule has 1 aromatic carbocycles. The molecule has 42 heavy (non-hydrogen) atoms. The number of benzene rings is 1. The summed E-state index contributed by atoms with van der Waals surface area (Å²) in [5.74, 6) is -2.16. The van der Waals surface area contributed by atoms with Crippen LogP contribution in [-0.2, 0) is 36.8 Å². The minimum atomic E-state index is -1.18. The lowest BCUT2D eigenvalue weighted by atomic mass is 9.80. The molecule has 3 aliphatic rings. The maximum Gasteiger partial charge on any atom is 0.478 e. The molecule has 1 aromatic rings. The normalized spacial score (nSPS) is 23.0. The molecule has 4 rings (SSSR count). The Balaban J connectivity index is 1.52. The number of alkyl carbamates (subject to hydrolysis) is 1. The zero-order valence-electron chi connectivity index (χ0n) is 24.9. The molecule has 4 amide bonds. The van der Waals surface area contributed by atoms with Gasteiger partial charge in [0.1, 0.15) is 29.6 Å².